The third kappa shape index (κ3) is 2.86. The minimum Gasteiger partial charge on any atom is -0.507 e. The number of amides is 1. The number of hydrogen-bond acceptors (Lipinski definition) is 3. The number of likely N-dealkylation sites (tertiary alicyclic amines) is 1. The highest BCUT2D eigenvalue weighted by Gasteiger charge is 2.30. The summed E-state index contributed by atoms with van der Waals surface area (Å²) in [6.45, 7) is 4.69. The molecule has 0 spiro atoms. The van der Waals surface area contributed by atoms with E-state index in [0.29, 0.717) is 24.6 Å². The van der Waals surface area contributed by atoms with E-state index in [2.05, 4.69) is 7.85 Å². The summed E-state index contributed by atoms with van der Waals surface area (Å²) in [6, 6.07) is 3.83. The molecule has 1 saturated heterocycles. The van der Waals surface area contributed by atoms with Crippen LogP contribution in [0.3, 0.4) is 0 Å². The van der Waals surface area contributed by atoms with Gasteiger partial charge < -0.3 is 14.7 Å². The van der Waals surface area contributed by atoms with Gasteiger partial charge in [0.25, 0.3) is 0 Å². The van der Waals surface area contributed by atoms with Crippen LogP contribution in [0.5, 0.6) is 11.5 Å². The van der Waals surface area contributed by atoms with Crippen LogP contribution in [0.2, 0.25) is 6.32 Å². The number of aryl methyl sites for hydroxylation is 1. The Hall–Kier alpha value is -1.65. The summed E-state index contributed by atoms with van der Waals surface area (Å²) in [7, 11) is 2.09. The van der Waals surface area contributed by atoms with Crippen molar-refractivity contribution in [2.45, 2.75) is 32.7 Å². The van der Waals surface area contributed by atoms with Crippen LogP contribution in [-0.4, -0.2) is 43.0 Å². The van der Waals surface area contributed by atoms with Gasteiger partial charge in [-0.15, -0.1) is 0 Å². The molecule has 1 N–H and O–H groups in total. The van der Waals surface area contributed by atoms with Gasteiger partial charge in [0.05, 0.1) is 13.1 Å². The van der Waals surface area contributed by atoms with Gasteiger partial charge in [0.15, 0.2) is 0 Å². The number of carbonyl (C=O) groups excluding carboxylic acids is 1. The summed E-state index contributed by atoms with van der Waals surface area (Å²) in [4.78, 5) is 12.8. The molecule has 1 heterocycles. The Balaban J connectivity index is 2.02. The zero-order valence-corrected chi connectivity index (χ0v) is 11.8. The Morgan fingerprint density at radius 3 is 2.79 bits per heavy atom. The Kier molecular flexibility index (Phi) is 4.03. The smallest absolute Gasteiger partial charge is 0.219 e. The van der Waals surface area contributed by atoms with Crippen molar-refractivity contribution in [3.05, 3.63) is 23.3 Å². The predicted octanol–water partition coefficient (Wildman–Crippen LogP) is 0.904. The lowest BCUT2D eigenvalue weighted by atomic mass is 9.95. The second kappa shape index (κ2) is 5.55. The lowest BCUT2D eigenvalue weighted by Gasteiger charge is -2.38. The summed E-state index contributed by atoms with van der Waals surface area (Å²) < 4.78 is 5.82. The van der Waals surface area contributed by atoms with Gasteiger partial charge in [0, 0.05) is 12.5 Å². The maximum absolute atomic E-state index is 11.1. The minimum atomic E-state index is 0.0408. The first kappa shape index (κ1) is 13.8. The maximum Gasteiger partial charge on any atom is 0.219 e. The molecule has 0 aliphatic carbocycles. The maximum atomic E-state index is 11.1. The standard InChI is InChI=1S/C14H20BNO3/c1-9-13(4-3-11(5-6-15)14(9)18)19-12-7-16(8-12)10(2)17/h3-4,12,18H,5-8,15H2,1-2H3. The molecule has 0 unspecified atom stereocenters. The molecule has 1 aliphatic rings. The van der Waals surface area contributed by atoms with Crippen LogP contribution >= 0.6 is 0 Å². The van der Waals surface area contributed by atoms with E-state index in [4.69, 9.17) is 4.74 Å². The van der Waals surface area contributed by atoms with Crippen molar-refractivity contribution >= 4 is 13.8 Å². The molecule has 2 rings (SSSR count). The van der Waals surface area contributed by atoms with Crippen molar-refractivity contribution in [2.75, 3.05) is 13.1 Å². The van der Waals surface area contributed by atoms with Crippen LogP contribution in [0.25, 0.3) is 0 Å². The number of aromatic hydroxyl groups is 1. The van der Waals surface area contributed by atoms with E-state index in [0.717, 1.165) is 23.9 Å². The molecule has 0 bridgehead atoms. The second-order valence-corrected chi connectivity index (χ2v) is 5.11. The van der Waals surface area contributed by atoms with Gasteiger partial charge in [-0.1, -0.05) is 12.4 Å². The molecule has 5 heteroatoms. The number of nitrogens with zero attached hydrogens (tertiary/aromatic N) is 1. The van der Waals surface area contributed by atoms with Crippen molar-refractivity contribution in [1.82, 2.24) is 4.90 Å². The van der Waals surface area contributed by atoms with Gasteiger partial charge >= 0.3 is 0 Å². The Morgan fingerprint density at radius 2 is 2.21 bits per heavy atom. The number of rotatable bonds is 4. The SMILES string of the molecule is BCCc1ccc(OC2CN(C(C)=O)C2)c(C)c1O. The first-order valence-electron chi connectivity index (χ1n) is 6.76. The van der Waals surface area contributed by atoms with Crippen LogP contribution in [-0.2, 0) is 11.2 Å². The number of carbonyl (C=O) groups is 1. The summed E-state index contributed by atoms with van der Waals surface area (Å²) in [5, 5.41) is 10.1. The second-order valence-electron chi connectivity index (χ2n) is 5.11. The summed E-state index contributed by atoms with van der Waals surface area (Å²) >= 11 is 0. The molecular formula is C14H20BNO3. The van der Waals surface area contributed by atoms with Crippen molar-refractivity contribution in [2.24, 2.45) is 0 Å². The zero-order chi connectivity index (χ0) is 14.0. The lowest BCUT2D eigenvalue weighted by Crippen LogP contribution is -2.55. The minimum absolute atomic E-state index is 0.0408. The Bertz CT molecular complexity index is 484. The van der Waals surface area contributed by atoms with Gasteiger partial charge in [0.1, 0.15) is 25.4 Å². The van der Waals surface area contributed by atoms with E-state index in [1.807, 2.05) is 19.1 Å². The van der Waals surface area contributed by atoms with Gasteiger partial charge in [-0.2, -0.15) is 0 Å². The highest BCUT2D eigenvalue weighted by Crippen LogP contribution is 2.32. The van der Waals surface area contributed by atoms with Gasteiger partial charge in [-0.05, 0) is 25.0 Å². The fourth-order valence-electron chi connectivity index (χ4n) is 2.29. The van der Waals surface area contributed by atoms with E-state index in [1.54, 1.807) is 11.8 Å². The molecule has 4 nitrogen and oxygen atoms in total. The van der Waals surface area contributed by atoms with E-state index in [1.165, 1.54) is 0 Å². The van der Waals surface area contributed by atoms with Gasteiger partial charge in [-0.3, -0.25) is 4.79 Å². The zero-order valence-electron chi connectivity index (χ0n) is 11.8. The average Bonchev–Trinajstić information content (AvgIpc) is 2.31. The van der Waals surface area contributed by atoms with Crippen molar-refractivity contribution in [1.29, 1.82) is 0 Å². The molecule has 1 amide bonds. The quantitative estimate of drug-likeness (QED) is 0.819. The summed E-state index contributed by atoms with van der Waals surface area (Å²) in [5.74, 6) is 1.13. The summed E-state index contributed by atoms with van der Waals surface area (Å²) in [5.41, 5.74) is 1.75. The fraction of sp³-hybridized carbons (Fsp3) is 0.500. The lowest BCUT2D eigenvalue weighted by molar-refractivity contribution is -0.137. The molecule has 1 aromatic carbocycles. The van der Waals surface area contributed by atoms with E-state index in [9.17, 15) is 9.90 Å². The molecule has 0 saturated carbocycles. The third-order valence-electron chi connectivity index (χ3n) is 3.57. The molecule has 1 aromatic rings. The molecule has 0 radical (unpaired) electrons. The number of phenols is 1. The van der Waals surface area contributed by atoms with Crippen LogP contribution in [0.4, 0.5) is 0 Å². The van der Waals surface area contributed by atoms with Crippen molar-refractivity contribution in [3.8, 4) is 11.5 Å². The van der Waals surface area contributed by atoms with Crippen molar-refractivity contribution in [3.63, 3.8) is 0 Å². The van der Waals surface area contributed by atoms with Crippen LogP contribution < -0.4 is 4.74 Å². The Morgan fingerprint density at radius 1 is 1.53 bits per heavy atom. The predicted molar refractivity (Wildman–Crippen MR) is 76.6 cm³/mol. The van der Waals surface area contributed by atoms with E-state index in [-0.39, 0.29) is 12.0 Å². The molecule has 0 atom stereocenters. The molecule has 0 aromatic heterocycles. The fourth-order valence-corrected chi connectivity index (χ4v) is 2.29. The van der Waals surface area contributed by atoms with Crippen LogP contribution in [0.1, 0.15) is 18.1 Å². The van der Waals surface area contributed by atoms with Crippen LogP contribution in [0.15, 0.2) is 12.1 Å². The summed E-state index contributed by atoms with van der Waals surface area (Å²) in [6.07, 6.45) is 1.91. The largest absolute Gasteiger partial charge is 0.507 e. The van der Waals surface area contributed by atoms with E-state index < -0.39 is 0 Å². The number of phenolic OH excluding ortho intramolecular Hbond substituents is 1. The first-order chi connectivity index (χ1) is 9.02. The van der Waals surface area contributed by atoms with Gasteiger partial charge in [0.2, 0.25) is 5.91 Å². The highest BCUT2D eigenvalue weighted by atomic mass is 16.5. The van der Waals surface area contributed by atoms with E-state index >= 15 is 0 Å². The molecule has 1 aliphatic heterocycles. The Labute approximate surface area is 114 Å². The molecule has 1 fully saturated rings. The molecule has 102 valence electrons. The first-order valence-corrected chi connectivity index (χ1v) is 6.76. The third-order valence-corrected chi connectivity index (χ3v) is 3.57. The van der Waals surface area contributed by atoms with Crippen molar-refractivity contribution < 1.29 is 14.6 Å². The van der Waals surface area contributed by atoms with Crippen LogP contribution in [0, 0.1) is 6.92 Å². The number of ether oxygens (including phenoxy) is 1. The number of hydrogen-bond donors (Lipinski definition) is 1. The average molecular weight is 261 g/mol. The highest BCUT2D eigenvalue weighted by molar-refractivity contribution is 6.08. The normalized spacial score (nSPS) is 15.2. The van der Waals surface area contributed by atoms with Gasteiger partial charge in [-0.25, -0.2) is 0 Å². The molecular weight excluding hydrogens is 241 g/mol. The molecule has 19 heavy (non-hydrogen) atoms. The monoisotopic (exact) mass is 261 g/mol. The number of benzene rings is 1. The topological polar surface area (TPSA) is 49.8 Å².